The predicted octanol–water partition coefficient (Wildman–Crippen LogP) is 2.11. The largest absolute Gasteiger partial charge is 0.496 e. The summed E-state index contributed by atoms with van der Waals surface area (Å²) in [6, 6.07) is 6.95. The molecule has 0 saturated heterocycles. The number of aromatic nitrogens is 1. The number of para-hydroxylation sites is 1. The van der Waals surface area contributed by atoms with E-state index in [-0.39, 0.29) is 11.7 Å². The summed E-state index contributed by atoms with van der Waals surface area (Å²) in [6.45, 7) is 2.37. The maximum absolute atomic E-state index is 12.4. The molecule has 1 N–H and O–H groups in total. The Balaban J connectivity index is 1.77. The van der Waals surface area contributed by atoms with Gasteiger partial charge in [-0.2, -0.15) is 4.31 Å². The van der Waals surface area contributed by atoms with Crippen molar-refractivity contribution in [3.63, 3.8) is 0 Å². The lowest BCUT2D eigenvalue weighted by Crippen LogP contribution is -2.36. The van der Waals surface area contributed by atoms with Gasteiger partial charge in [-0.1, -0.05) is 12.1 Å². The van der Waals surface area contributed by atoms with Crippen molar-refractivity contribution in [2.45, 2.75) is 19.9 Å². The zero-order valence-electron chi connectivity index (χ0n) is 14.0. The van der Waals surface area contributed by atoms with Crippen LogP contribution >= 0.6 is 11.3 Å². The molecule has 0 spiro atoms. The number of carbonyl (C=O) groups is 1. The van der Waals surface area contributed by atoms with E-state index in [0.29, 0.717) is 36.0 Å². The van der Waals surface area contributed by atoms with Crippen molar-refractivity contribution in [3.8, 4) is 5.75 Å². The number of nitrogens with one attached hydrogen (secondary N) is 1. The van der Waals surface area contributed by atoms with Crippen molar-refractivity contribution >= 4 is 32.4 Å². The Bertz CT molecular complexity index is 893. The van der Waals surface area contributed by atoms with Crippen LogP contribution in [0.4, 0.5) is 5.13 Å². The molecule has 0 aliphatic carbocycles. The van der Waals surface area contributed by atoms with E-state index in [1.807, 2.05) is 0 Å². The van der Waals surface area contributed by atoms with Crippen LogP contribution in [0.5, 0.6) is 5.75 Å². The minimum absolute atomic E-state index is 0.0819. The molecule has 0 fully saturated rings. The van der Waals surface area contributed by atoms with E-state index >= 15 is 0 Å². The van der Waals surface area contributed by atoms with Crippen LogP contribution in [-0.4, -0.2) is 43.0 Å². The highest BCUT2D eigenvalue weighted by atomic mass is 32.2. The Morgan fingerprint density at radius 2 is 2.16 bits per heavy atom. The maximum atomic E-state index is 12.4. The van der Waals surface area contributed by atoms with Gasteiger partial charge in [0.1, 0.15) is 5.75 Å². The van der Waals surface area contributed by atoms with Crippen molar-refractivity contribution < 1.29 is 17.9 Å². The number of thiazole rings is 1. The van der Waals surface area contributed by atoms with Crippen LogP contribution in [0.3, 0.4) is 0 Å². The monoisotopic (exact) mass is 381 g/mol. The van der Waals surface area contributed by atoms with Crippen molar-refractivity contribution in [3.05, 3.63) is 40.4 Å². The lowest BCUT2D eigenvalue weighted by molar-refractivity contribution is 0.102. The molecule has 2 heterocycles. The van der Waals surface area contributed by atoms with Gasteiger partial charge in [-0.15, -0.1) is 11.3 Å². The van der Waals surface area contributed by atoms with E-state index in [4.69, 9.17) is 4.74 Å². The quantitative estimate of drug-likeness (QED) is 0.857. The average molecular weight is 381 g/mol. The fourth-order valence-corrected chi connectivity index (χ4v) is 4.80. The third-order valence-electron chi connectivity index (χ3n) is 4.03. The number of amides is 1. The number of hydrogen-bond acceptors (Lipinski definition) is 6. The summed E-state index contributed by atoms with van der Waals surface area (Å²) in [7, 11) is -1.71. The van der Waals surface area contributed by atoms with Crippen molar-refractivity contribution in [1.82, 2.24) is 9.29 Å². The first-order chi connectivity index (χ1) is 11.9. The Labute approximate surface area is 150 Å². The topological polar surface area (TPSA) is 88.6 Å². The summed E-state index contributed by atoms with van der Waals surface area (Å²) in [5.74, 6) is 0.265. The smallest absolute Gasteiger partial charge is 0.261 e. The third kappa shape index (κ3) is 3.68. The van der Waals surface area contributed by atoms with Gasteiger partial charge in [0, 0.05) is 24.4 Å². The van der Waals surface area contributed by atoms with Crippen LogP contribution in [0.25, 0.3) is 0 Å². The summed E-state index contributed by atoms with van der Waals surface area (Å²) in [6.07, 6.45) is 0.551. The number of sulfonamides is 1. The van der Waals surface area contributed by atoms with Gasteiger partial charge in [-0.05, 0) is 19.1 Å². The van der Waals surface area contributed by atoms with Crippen LogP contribution in [0, 0.1) is 0 Å². The SMILES string of the molecule is CCS(=O)(=O)N1CCc2nc(NC(=O)c3ccccc3OC)sc2C1. The molecule has 1 amide bonds. The average Bonchev–Trinajstić information content (AvgIpc) is 3.02. The highest BCUT2D eigenvalue weighted by Gasteiger charge is 2.28. The molecular formula is C16H19N3O4S2. The molecule has 1 aromatic carbocycles. The van der Waals surface area contributed by atoms with Gasteiger partial charge in [0.15, 0.2) is 5.13 Å². The second-order valence-electron chi connectivity index (χ2n) is 5.53. The number of hydrogen-bond donors (Lipinski definition) is 1. The zero-order valence-corrected chi connectivity index (χ0v) is 15.6. The Morgan fingerprint density at radius 3 is 2.88 bits per heavy atom. The van der Waals surface area contributed by atoms with E-state index in [1.54, 1.807) is 31.2 Å². The number of anilines is 1. The van der Waals surface area contributed by atoms with Crippen LogP contribution in [0.2, 0.25) is 0 Å². The molecular weight excluding hydrogens is 362 g/mol. The first-order valence-electron chi connectivity index (χ1n) is 7.85. The summed E-state index contributed by atoms with van der Waals surface area (Å²) in [5, 5.41) is 3.25. The first kappa shape index (κ1) is 17.8. The van der Waals surface area contributed by atoms with E-state index in [1.165, 1.54) is 22.8 Å². The lowest BCUT2D eigenvalue weighted by atomic mass is 10.2. The first-order valence-corrected chi connectivity index (χ1v) is 10.3. The van der Waals surface area contributed by atoms with Gasteiger partial charge >= 0.3 is 0 Å². The lowest BCUT2D eigenvalue weighted by Gasteiger charge is -2.24. The number of carbonyl (C=O) groups excluding carboxylic acids is 1. The second-order valence-corrected chi connectivity index (χ2v) is 8.87. The van der Waals surface area contributed by atoms with E-state index in [9.17, 15) is 13.2 Å². The molecule has 2 aromatic rings. The molecule has 0 radical (unpaired) electrons. The van der Waals surface area contributed by atoms with Crippen LogP contribution in [0.1, 0.15) is 27.9 Å². The maximum Gasteiger partial charge on any atom is 0.261 e. The Morgan fingerprint density at radius 1 is 1.40 bits per heavy atom. The summed E-state index contributed by atoms with van der Waals surface area (Å²) < 4.78 is 30.7. The highest BCUT2D eigenvalue weighted by molar-refractivity contribution is 7.89. The molecule has 0 atom stereocenters. The van der Waals surface area contributed by atoms with Crippen LogP contribution < -0.4 is 10.1 Å². The standard InChI is InChI=1S/C16H19N3O4S2/c1-3-25(21,22)19-9-8-12-14(10-19)24-16(17-12)18-15(20)11-6-4-5-7-13(11)23-2/h4-7H,3,8-10H2,1-2H3,(H,17,18,20). The third-order valence-corrected chi connectivity index (χ3v) is 6.85. The van der Waals surface area contributed by atoms with Crippen LogP contribution in [0.15, 0.2) is 24.3 Å². The molecule has 9 heteroatoms. The molecule has 7 nitrogen and oxygen atoms in total. The summed E-state index contributed by atoms with van der Waals surface area (Å²) >= 11 is 1.31. The number of ether oxygens (including phenoxy) is 1. The fraction of sp³-hybridized carbons (Fsp3) is 0.375. The van der Waals surface area contributed by atoms with Gasteiger partial charge in [0.25, 0.3) is 5.91 Å². The number of rotatable bonds is 5. The molecule has 1 aliphatic heterocycles. The minimum Gasteiger partial charge on any atom is -0.496 e. The minimum atomic E-state index is -3.22. The normalized spacial score (nSPS) is 14.8. The molecule has 0 unspecified atom stereocenters. The Hall–Kier alpha value is -1.97. The van der Waals surface area contributed by atoms with Crippen molar-refractivity contribution in [2.75, 3.05) is 24.7 Å². The molecule has 0 bridgehead atoms. The van der Waals surface area contributed by atoms with E-state index < -0.39 is 10.0 Å². The number of nitrogens with zero attached hydrogens (tertiary/aromatic N) is 2. The Kier molecular flexibility index (Phi) is 5.07. The number of fused-ring (bicyclic) bond motifs is 1. The summed E-state index contributed by atoms with van der Waals surface area (Å²) in [4.78, 5) is 17.8. The predicted molar refractivity (Wildman–Crippen MR) is 96.6 cm³/mol. The second kappa shape index (κ2) is 7.11. The van der Waals surface area contributed by atoms with Crippen molar-refractivity contribution in [1.29, 1.82) is 0 Å². The molecule has 134 valence electrons. The number of benzene rings is 1. The molecule has 1 aliphatic rings. The molecule has 3 rings (SSSR count). The van der Waals surface area contributed by atoms with Crippen molar-refractivity contribution in [2.24, 2.45) is 0 Å². The van der Waals surface area contributed by atoms with Gasteiger partial charge in [-0.3, -0.25) is 10.1 Å². The van der Waals surface area contributed by atoms with E-state index in [0.717, 1.165) is 10.6 Å². The van der Waals surface area contributed by atoms with Gasteiger partial charge in [-0.25, -0.2) is 13.4 Å². The molecule has 0 saturated carbocycles. The van der Waals surface area contributed by atoms with Gasteiger partial charge < -0.3 is 4.74 Å². The van der Waals surface area contributed by atoms with Crippen LogP contribution in [-0.2, 0) is 23.0 Å². The van der Waals surface area contributed by atoms with E-state index in [2.05, 4.69) is 10.3 Å². The molecule has 1 aromatic heterocycles. The molecule has 25 heavy (non-hydrogen) atoms. The number of methoxy groups -OCH3 is 1. The van der Waals surface area contributed by atoms with Gasteiger partial charge in [0.05, 0.1) is 24.1 Å². The summed E-state index contributed by atoms with van der Waals surface area (Å²) in [5.41, 5.74) is 1.27. The highest BCUT2D eigenvalue weighted by Crippen LogP contribution is 2.30. The van der Waals surface area contributed by atoms with Gasteiger partial charge in [0.2, 0.25) is 10.0 Å². The fourth-order valence-electron chi connectivity index (χ4n) is 2.64. The zero-order chi connectivity index (χ0) is 18.0.